The molecule has 0 radical (unpaired) electrons. The first-order chi connectivity index (χ1) is 36.0. The molecule has 4 aliphatic carbocycles. The molecular weight excluding hydrogens is 965 g/mol. The van der Waals surface area contributed by atoms with Crippen LogP contribution in [0.2, 0.25) is 0 Å². The fraction of sp³-hybridized carbons (Fsp3) is 0.745. The van der Waals surface area contributed by atoms with E-state index in [4.69, 9.17) is 18.9 Å². The monoisotopic (exact) mass is 1050 g/mol. The van der Waals surface area contributed by atoms with E-state index in [0.717, 1.165) is 52.4 Å². The Morgan fingerprint density at radius 3 is 1.23 bits per heavy atom. The maximum absolute atomic E-state index is 14.1. The van der Waals surface area contributed by atoms with Gasteiger partial charge in [0.1, 0.15) is 23.1 Å². The molecule has 1 unspecified atom stereocenters. The van der Waals surface area contributed by atoms with E-state index in [2.05, 4.69) is 55.4 Å². The quantitative estimate of drug-likeness (QED) is 0.0820. The van der Waals surface area contributed by atoms with Crippen LogP contribution in [0.4, 0.5) is 0 Å². The molecule has 1 atom stereocenters. The lowest BCUT2D eigenvalue weighted by atomic mass is 9.80. The Morgan fingerprint density at radius 1 is 0.480 bits per heavy atom. The highest BCUT2D eigenvalue weighted by atomic mass is 16.6. The van der Waals surface area contributed by atoms with Crippen molar-refractivity contribution in [1.82, 2.24) is 41.3 Å². The van der Waals surface area contributed by atoms with Crippen molar-refractivity contribution < 1.29 is 57.3 Å². The molecule has 416 valence electrons. The van der Waals surface area contributed by atoms with Crippen molar-refractivity contribution in [3.05, 3.63) is 23.3 Å². The highest BCUT2D eigenvalue weighted by Gasteiger charge is 2.36. The maximum atomic E-state index is 14.1. The maximum Gasteiger partial charge on any atom is 0.314 e. The van der Waals surface area contributed by atoms with Gasteiger partial charge in [-0.1, -0.05) is 0 Å². The smallest absolute Gasteiger partial charge is 0.314 e. The van der Waals surface area contributed by atoms with Gasteiger partial charge in [-0.25, -0.2) is 10.0 Å². The summed E-state index contributed by atoms with van der Waals surface area (Å²) in [5.74, 6) is -3.09. The molecule has 4 N–H and O–H groups in total. The minimum atomic E-state index is -0.811. The van der Waals surface area contributed by atoms with E-state index in [9.17, 15) is 38.4 Å². The first-order valence-electron chi connectivity index (χ1n) is 27.9. The molecule has 1 aromatic rings. The van der Waals surface area contributed by atoms with Crippen LogP contribution in [0.5, 0.6) is 11.5 Å². The average Bonchev–Trinajstić information content (AvgIpc) is 3.41. The second kappa shape index (κ2) is 28.0. The van der Waals surface area contributed by atoms with Gasteiger partial charge < -0.3 is 39.4 Å². The number of Topliss-reactive ketones (excluding diaryl/α,β-unsaturated/α-hetero) is 2. The number of esters is 4. The van der Waals surface area contributed by atoms with E-state index < -0.39 is 30.0 Å². The molecule has 2 saturated heterocycles. The first kappa shape index (κ1) is 57.8. The normalized spacial score (nSPS) is 27.7. The van der Waals surface area contributed by atoms with E-state index in [1.54, 1.807) is 32.9 Å². The summed E-state index contributed by atoms with van der Waals surface area (Å²) in [4.78, 5) is 108. The number of hydrazine groups is 2. The number of carbonyl (C=O) groups excluding carboxylic acids is 8. The summed E-state index contributed by atoms with van der Waals surface area (Å²) >= 11 is 0. The number of nitrogens with one attached hydrogen (secondary N) is 4. The second-order valence-corrected chi connectivity index (χ2v) is 22.3. The Kier molecular flexibility index (Phi) is 21.6. The third kappa shape index (κ3) is 17.1. The van der Waals surface area contributed by atoms with Gasteiger partial charge in [-0.2, -0.15) is 0 Å². The van der Waals surface area contributed by atoms with Gasteiger partial charge in [0.25, 0.3) is 0 Å². The van der Waals surface area contributed by atoms with E-state index in [-0.39, 0.29) is 77.6 Å². The molecule has 0 bridgehead atoms. The largest absolute Gasteiger partial charge is 0.444 e. The van der Waals surface area contributed by atoms with Gasteiger partial charge >= 0.3 is 23.9 Å². The summed E-state index contributed by atoms with van der Waals surface area (Å²) in [5.41, 5.74) is 8.30. The van der Waals surface area contributed by atoms with E-state index in [0.29, 0.717) is 138 Å². The van der Waals surface area contributed by atoms with Crippen molar-refractivity contribution >= 4 is 47.3 Å². The Balaban J connectivity index is 0.959. The summed E-state index contributed by atoms with van der Waals surface area (Å²) in [5, 5.41) is 9.86. The molecule has 2 amide bonds. The molecule has 0 aromatic heterocycles. The fourth-order valence-corrected chi connectivity index (χ4v) is 11.5. The molecule has 4 saturated carbocycles. The predicted molar refractivity (Wildman–Crippen MR) is 275 cm³/mol. The van der Waals surface area contributed by atoms with Crippen LogP contribution in [-0.2, 0) is 60.9 Å². The topological polar surface area (TPSA) is 235 Å². The number of benzene rings is 1. The number of nitrogens with zero attached hydrogens (tertiary/aromatic N) is 4. The van der Waals surface area contributed by atoms with Gasteiger partial charge in [-0.05, 0) is 150 Å². The fourth-order valence-electron chi connectivity index (χ4n) is 11.5. The number of hydrogen-bond acceptors (Lipinski definition) is 18. The number of ether oxygens (including phenoxy) is 4. The lowest BCUT2D eigenvalue weighted by Crippen LogP contribution is -2.50. The summed E-state index contributed by atoms with van der Waals surface area (Å²) < 4.78 is 23.6. The minimum absolute atomic E-state index is 0.000140. The molecule has 6 fully saturated rings. The third-order valence-electron chi connectivity index (χ3n) is 16.9. The van der Waals surface area contributed by atoms with Gasteiger partial charge in [0.15, 0.2) is 13.0 Å². The van der Waals surface area contributed by atoms with Crippen LogP contribution < -0.4 is 31.0 Å². The molecule has 2 aliphatic heterocycles. The van der Waals surface area contributed by atoms with Crippen molar-refractivity contribution in [3.63, 3.8) is 0 Å². The number of amides is 2. The van der Waals surface area contributed by atoms with Crippen molar-refractivity contribution in [2.24, 2.45) is 47.3 Å². The van der Waals surface area contributed by atoms with Gasteiger partial charge in [-0.15, -0.1) is 0 Å². The van der Waals surface area contributed by atoms with Crippen LogP contribution in [0.3, 0.4) is 0 Å². The van der Waals surface area contributed by atoms with Gasteiger partial charge in [0.05, 0.1) is 23.7 Å². The van der Waals surface area contributed by atoms with E-state index in [1.165, 1.54) is 0 Å². The molecule has 75 heavy (non-hydrogen) atoms. The predicted octanol–water partition coefficient (Wildman–Crippen LogP) is 4.03. The number of rotatable bonds is 20. The summed E-state index contributed by atoms with van der Waals surface area (Å²) in [6, 6.07) is 3.60. The summed E-state index contributed by atoms with van der Waals surface area (Å²) in [6.07, 6.45) is 7.85. The van der Waals surface area contributed by atoms with Gasteiger partial charge in [0.2, 0.25) is 11.8 Å². The standard InChI is InChI=1S/C55H84N8O12/c1-35(64)38-6-14-42(15-7-38)52(68)72-34-56-50(66)40-10-18-44(19-11-40)54(70)74-48-30-47(33-58-63-28-24-61(5)25-29-63)49(31-46(48)32-57-62-26-22-60(4)23-27-62)75-55(71)45-20-12-41(13-21-45)51(67)59-37(3)73-53(69)43-16-8-39(9-17-43)36(2)65/h30-31,37-45,57-58H,6-29,32-34H2,1-5H3,(H,56,66)(H,59,67). The van der Waals surface area contributed by atoms with Crippen molar-refractivity contribution in [2.45, 2.75) is 143 Å². The van der Waals surface area contributed by atoms with Crippen molar-refractivity contribution in [1.29, 1.82) is 0 Å². The molecule has 2 heterocycles. The van der Waals surface area contributed by atoms with Crippen molar-refractivity contribution in [2.75, 3.05) is 73.2 Å². The zero-order valence-electron chi connectivity index (χ0n) is 45.1. The lowest BCUT2D eigenvalue weighted by Gasteiger charge is -2.33. The zero-order chi connectivity index (χ0) is 53.6. The van der Waals surface area contributed by atoms with Crippen LogP contribution in [-0.4, -0.2) is 146 Å². The number of carbonyl (C=O) groups is 8. The minimum Gasteiger partial charge on any atom is -0.444 e. The number of hydrogen-bond donors (Lipinski definition) is 4. The Bertz CT molecular complexity index is 2150. The van der Waals surface area contributed by atoms with Crippen molar-refractivity contribution in [3.8, 4) is 11.5 Å². The summed E-state index contributed by atoms with van der Waals surface area (Å²) in [6.45, 7) is 11.9. The lowest BCUT2D eigenvalue weighted by molar-refractivity contribution is -0.158. The van der Waals surface area contributed by atoms with Crippen LogP contribution in [0.1, 0.15) is 135 Å². The number of piperazine rings is 2. The summed E-state index contributed by atoms with van der Waals surface area (Å²) in [7, 11) is 4.17. The van der Waals surface area contributed by atoms with Gasteiger partial charge in [-0.3, -0.25) is 49.2 Å². The highest BCUT2D eigenvalue weighted by Crippen LogP contribution is 2.37. The molecule has 0 spiro atoms. The van der Waals surface area contributed by atoms with Crippen LogP contribution in [0.15, 0.2) is 12.1 Å². The molecule has 6 aliphatic rings. The van der Waals surface area contributed by atoms with E-state index >= 15 is 0 Å². The third-order valence-corrected chi connectivity index (χ3v) is 16.9. The number of ketones is 2. The Hall–Kier alpha value is -4.86. The number of likely N-dealkylation sites (N-methyl/N-ethyl adjacent to an activating group) is 2. The molecule has 1 aromatic carbocycles. The van der Waals surface area contributed by atoms with Crippen LogP contribution in [0.25, 0.3) is 0 Å². The second-order valence-electron chi connectivity index (χ2n) is 22.3. The molecule has 20 nitrogen and oxygen atoms in total. The zero-order valence-corrected chi connectivity index (χ0v) is 45.1. The average molecular weight is 1050 g/mol. The molecule has 20 heteroatoms. The first-order valence-corrected chi connectivity index (χ1v) is 27.9. The Labute approximate surface area is 442 Å². The van der Waals surface area contributed by atoms with Gasteiger partial charge in [0, 0.05) is 100 Å². The molecular formula is C55H84N8O12. The van der Waals surface area contributed by atoms with E-state index in [1.807, 2.05) is 0 Å². The van der Waals surface area contributed by atoms with Crippen LogP contribution >= 0.6 is 0 Å². The molecule has 7 rings (SSSR count). The highest BCUT2D eigenvalue weighted by molar-refractivity contribution is 5.83. The van der Waals surface area contributed by atoms with Crippen LogP contribution in [0, 0.1) is 47.3 Å². The Morgan fingerprint density at radius 2 is 0.827 bits per heavy atom. The SMILES string of the molecule is CC(=O)C1CCC(C(=O)OCNC(=O)C2CCC(C(=O)Oc3cc(CNN4CCN(C)CC4)c(OC(=O)C4CCC(C(=O)NC(C)OC(=O)C5CCC(C(C)=O)CC5)CC4)cc3CNN3CCN(C)CC3)CC2)CC1.